The SMILES string of the molecule is CC1OCCC1S(=O)(=O)CC=O. The third kappa shape index (κ3) is 1.84. The van der Waals surface area contributed by atoms with Crippen molar-refractivity contribution in [2.45, 2.75) is 24.7 Å². The molecule has 1 heterocycles. The van der Waals surface area contributed by atoms with Crippen LogP contribution in [0, 0.1) is 0 Å². The molecule has 0 aromatic carbocycles. The van der Waals surface area contributed by atoms with Gasteiger partial charge in [0.1, 0.15) is 12.0 Å². The second-order valence-electron chi connectivity index (χ2n) is 2.90. The second kappa shape index (κ2) is 3.53. The molecule has 2 unspecified atom stereocenters. The van der Waals surface area contributed by atoms with Crippen molar-refractivity contribution in [2.24, 2.45) is 0 Å². The summed E-state index contributed by atoms with van der Waals surface area (Å²) in [6.07, 6.45) is 0.674. The summed E-state index contributed by atoms with van der Waals surface area (Å²) < 4.78 is 27.8. The maximum Gasteiger partial charge on any atom is 0.162 e. The first-order valence-electron chi connectivity index (χ1n) is 3.84. The molecule has 1 rings (SSSR count). The Morgan fingerprint density at radius 2 is 2.25 bits per heavy atom. The third-order valence-corrected chi connectivity index (χ3v) is 4.21. The molecule has 1 saturated heterocycles. The summed E-state index contributed by atoms with van der Waals surface area (Å²) in [6, 6.07) is 0. The zero-order chi connectivity index (χ0) is 9.19. The highest BCUT2D eigenvalue weighted by Gasteiger charge is 2.35. The monoisotopic (exact) mass is 192 g/mol. The van der Waals surface area contributed by atoms with E-state index >= 15 is 0 Å². The van der Waals surface area contributed by atoms with Crippen LogP contribution in [0.4, 0.5) is 0 Å². The largest absolute Gasteiger partial charge is 0.377 e. The van der Waals surface area contributed by atoms with Crippen molar-refractivity contribution in [3.63, 3.8) is 0 Å². The molecule has 0 aromatic rings. The second-order valence-corrected chi connectivity index (χ2v) is 5.16. The van der Waals surface area contributed by atoms with Crippen molar-refractivity contribution in [2.75, 3.05) is 12.4 Å². The molecule has 1 aliphatic rings. The average Bonchev–Trinajstić information content (AvgIpc) is 2.35. The maximum atomic E-state index is 11.3. The normalized spacial score (nSPS) is 30.4. The van der Waals surface area contributed by atoms with Crippen LogP contribution in [0.2, 0.25) is 0 Å². The molecule has 0 amide bonds. The van der Waals surface area contributed by atoms with Gasteiger partial charge in [0.2, 0.25) is 0 Å². The van der Waals surface area contributed by atoms with E-state index < -0.39 is 15.1 Å². The molecule has 70 valence electrons. The first-order chi connectivity index (χ1) is 5.58. The molecule has 2 atom stereocenters. The molecule has 0 aromatic heterocycles. The number of hydrogen-bond donors (Lipinski definition) is 0. The van der Waals surface area contributed by atoms with Gasteiger partial charge in [-0.3, -0.25) is 0 Å². The third-order valence-electron chi connectivity index (χ3n) is 2.07. The quantitative estimate of drug-likeness (QED) is 0.580. The molecule has 0 spiro atoms. The van der Waals surface area contributed by atoms with E-state index in [9.17, 15) is 13.2 Å². The van der Waals surface area contributed by atoms with E-state index in [-0.39, 0.29) is 11.9 Å². The summed E-state index contributed by atoms with van der Waals surface area (Å²) in [6.45, 7) is 2.20. The molecule has 5 heteroatoms. The van der Waals surface area contributed by atoms with Gasteiger partial charge >= 0.3 is 0 Å². The highest BCUT2D eigenvalue weighted by atomic mass is 32.2. The van der Waals surface area contributed by atoms with E-state index in [1.807, 2.05) is 0 Å². The van der Waals surface area contributed by atoms with Crippen LogP contribution in [0.3, 0.4) is 0 Å². The van der Waals surface area contributed by atoms with Gasteiger partial charge in [-0.1, -0.05) is 0 Å². The molecule has 0 N–H and O–H groups in total. The Bertz CT molecular complexity index is 257. The minimum atomic E-state index is -3.25. The fourth-order valence-electron chi connectivity index (χ4n) is 1.40. The minimum absolute atomic E-state index is 0.269. The zero-order valence-electron chi connectivity index (χ0n) is 6.89. The van der Waals surface area contributed by atoms with Crippen molar-refractivity contribution in [1.29, 1.82) is 0 Å². The van der Waals surface area contributed by atoms with Gasteiger partial charge < -0.3 is 9.53 Å². The number of aldehydes is 1. The van der Waals surface area contributed by atoms with Crippen LogP contribution in [-0.4, -0.2) is 38.4 Å². The van der Waals surface area contributed by atoms with Crippen LogP contribution in [-0.2, 0) is 19.4 Å². The molecule has 0 aliphatic carbocycles. The molecule has 12 heavy (non-hydrogen) atoms. The standard InChI is InChI=1S/C7H12O4S/c1-6-7(2-4-11-6)12(9,10)5-3-8/h3,6-7H,2,4-5H2,1H3. The van der Waals surface area contributed by atoms with E-state index in [1.165, 1.54) is 0 Å². The molecule has 0 radical (unpaired) electrons. The van der Waals surface area contributed by atoms with Gasteiger partial charge in [-0.2, -0.15) is 0 Å². The fraction of sp³-hybridized carbons (Fsp3) is 0.857. The summed E-state index contributed by atoms with van der Waals surface area (Å²) in [4.78, 5) is 10.1. The van der Waals surface area contributed by atoms with Gasteiger partial charge in [-0.05, 0) is 13.3 Å². The number of sulfone groups is 1. The van der Waals surface area contributed by atoms with Crippen LogP contribution < -0.4 is 0 Å². The van der Waals surface area contributed by atoms with E-state index in [2.05, 4.69) is 0 Å². The molecular weight excluding hydrogens is 180 g/mol. The Hall–Kier alpha value is -0.420. The Morgan fingerprint density at radius 3 is 2.67 bits per heavy atom. The lowest BCUT2D eigenvalue weighted by Gasteiger charge is -2.12. The van der Waals surface area contributed by atoms with E-state index in [0.29, 0.717) is 19.3 Å². The molecule has 0 saturated carbocycles. The van der Waals surface area contributed by atoms with Crippen LogP contribution in [0.25, 0.3) is 0 Å². The maximum absolute atomic E-state index is 11.3. The molecule has 4 nitrogen and oxygen atoms in total. The Morgan fingerprint density at radius 1 is 1.58 bits per heavy atom. The number of hydrogen-bond acceptors (Lipinski definition) is 4. The summed E-state index contributed by atoms with van der Waals surface area (Å²) in [5, 5.41) is -0.484. The van der Waals surface area contributed by atoms with Gasteiger partial charge in [-0.25, -0.2) is 8.42 Å². The highest BCUT2D eigenvalue weighted by Crippen LogP contribution is 2.20. The highest BCUT2D eigenvalue weighted by molar-refractivity contribution is 7.92. The zero-order valence-corrected chi connectivity index (χ0v) is 7.71. The van der Waals surface area contributed by atoms with Gasteiger partial charge in [0, 0.05) is 6.61 Å². The summed E-state index contributed by atoms with van der Waals surface area (Å²) in [5.74, 6) is -0.384. The van der Waals surface area contributed by atoms with Crippen LogP contribution in [0.1, 0.15) is 13.3 Å². The topological polar surface area (TPSA) is 60.4 Å². The van der Waals surface area contributed by atoms with Gasteiger partial charge in [0.05, 0.1) is 11.4 Å². The first-order valence-corrected chi connectivity index (χ1v) is 5.56. The Labute approximate surface area is 71.8 Å². The summed E-state index contributed by atoms with van der Waals surface area (Å²) in [7, 11) is -3.25. The first kappa shape index (κ1) is 9.67. The Balaban J connectivity index is 2.74. The lowest BCUT2D eigenvalue weighted by molar-refractivity contribution is -0.105. The van der Waals surface area contributed by atoms with Gasteiger partial charge in [0.15, 0.2) is 9.84 Å². The minimum Gasteiger partial charge on any atom is -0.377 e. The number of rotatable bonds is 3. The summed E-state index contributed by atoms with van der Waals surface area (Å²) >= 11 is 0. The lowest BCUT2D eigenvalue weighted by Crippen LogP contribution is -2.30. The van der Waals surface area contributed by atoms with E-state index in [4.69, 9.17) is 4.74 Å². The van der Waals surface area contributed by atoms with Crippen molar-refractivity contribution in [1.82, 2.24) is 0 Å². The van der Waals surface area contributed by atoms with Crippen LogP contribution >= 0.6 is 0 Å². The van der Waals surface area contributed by atoms with E-state index in [0.717, 1.165) is 0 Å². The fourth-order valence-corrected chi connectivity index (χ4v) is 2.96. The van der Waals surface area contributed by atoms with Gasteiger partial charge in [-0.15, -0.1) is 0 Å². The number of ether oxygens (including phenoxy) is 1. The predicted molar refractivity (Wildman–Crippen MR) is 43.7 cm³/mol. The lowest BCUT2D eigenvalue weighted by atomic mass is 10.3. The smallest absolute Gasteiger partial charge is 0.162 e. The van der Waals surface area contributed by atoms with Crippen LogP contribution in [0.5, 0.6) is 0 Å². The van der Waals surface area contributed by atoms with Crippen molar-refractivity contribution < 1.29 is 17.9 Å². The van der Waals surface area contributed by atoms with Crippen molar-refractivity contribution >= 4 is 16.1 Å². The van der Waals surface area contributed by atoms with Crippen LogP contribution in [0.15, 0.2) is 0 Å². The van der Waals surface area contributed by atoms with Crippen molar-refractivity contribution in [3.8, 4) is 0 Å². The average molecular weight is 192 g/mol. The number of carbonyl (C=O) groups is 1. The molecular formula is C7H12O4S. The predicted octanol–water partition coefficient (Wildman–Crippen LogP) is -0.222. The Kier molecular flexibility index (Phi) is 2.85. The molecule has 0 bridgehead atoms. The van der Waals surface area contributed by atoms with Crippen molar-refractivity contribution in [3.05, 3.63) is 0 Å². The molecule has 1 fully saturated rings. The van der Waals surface area contributed by atoms with Gasteiger partial charge in [0.25, 0.3) is 0 Å². The number of carbonyl (C=O) groups excluding carboxylic acids is 1. The summed E-state index contributed by atoms with van der Waals surface area (Å²) in [5.41, 5.74) is 0. The van der Waals surface area contributed by atoms with E-state index in [1.54, 1.807) is 6.92 Å². The molecule has 1 aliphatic heterocycles.